The molecule has 0 aromatic rings. The number of rotatable bonds is 2. The first-order chi connectivity index (χ1) is 6.99. The summed E-state index contributed by atoms with van der Waals surface area (Å²) < 4.78 is 5.05. The third kappa shape index (κ3) is 4.08. The molecule has 2 unspecified atom stereocenters. The van der Waals surface area contributed by atoms with Crippen LogP contribution in [0.5, 0.6) is 0 Å². The third-order valence-corrected chi connectivity index (χ3v) is 2.87. The Labute approximate surface area is 92.0 Å². The van der Waals surface area contributed by atoms with Crippen molar-refractivity contribution in [2.75, 3.05) is 13.6 Å². The average Bonchev–Trinajstić information content (AvgIpc) is 2.10. The minimum atomic E-state index is -0.285. The van der Waals surface area contributed by atoms with Gasteiger partial charge >= 0.3 is 6.09 Å². The van der Waals surface area contributed by atoms with Gasteiger partial charge in [-0.05, 0) is 40.7 Å². The van der Waals surface area contributed by atoms with E-state index in [-0.39, 0.29) is 18.2 Å². The average molecular weight is 214 g/mol. The van der Waals surface area contributed by atoms with Gasteiger partial charge in [0, 0.05) is 18.6 Å². The zero-order valence-corrected chi connectivity index (χ0v) is 10.1. The van der Waals surface area contributed by atoms with Crippen molar-refractivity contribution < 1.29 is 9.53 Å². The molecule has 1 saturated heterocycles. The third-order valence-electron chi connectivity index (χ3n) is 2.87. The van der Waals surface area contributed by atoms with Gasteiger partial charge in [-0.3, -0.25) is 0 Å². The Hall–Kier alpha value is -0.770. The maximum absolute atomic E-state index is 11.4. The summed E-state index contributed by atoms with van der Waals surface area (Å²) in [5, 5.41) is 2.91. The molecule has 2 atom stereocenters. The molecule has 1 rings (SSSR count). The van der Waals surface area contributed by atoms with Gasteiger partial charge in [0.2, 0.25) is 0 Å². The molecular weight excluding hydrogens is 192 g/mol. The number of ether oxygens (including phenoxy) is 1. The Morgan fingerprint density at radius 2 is 2.20 bits per heavy atom. The van der Waals surface area contributed by atoms with Crippen LogP contribution >= 0.6 is 0 Å². The van der Waals surface area contributed by atoms with E-state index in [1.807, 2.05) is 13.8 Å². The lowest BCUT2D eigenvalue weighted by atomic mass is 9.99. The lowest BCUT2D eigenvalue weighted by Gasteiger charge is -2.35. The molecule has 88 valence electrons. The van der Waals surface area contributed by atoms with Crippen molar-refractivity contribution in [2.45, 2.75) is 51.8 Å². The van der Waals surface area contributed by atoms with Crippen LogP contribution in [0.25, 0.3) is 0 Å². The summed E-state index contributed by atoms with van der Waals surface area (Å²) in [7, 11) is 2.12. The second kappa shape index (κ2) is 5.35. The van der Waals surface area contributed by atoms with Crippen LogP contribution in [-0.2, 0) is 4.74 Å². The zero-order chi connectivity index (χ0) is 11.4. The lowest BCUT2D eigenvalue weighted by Crippen LogP contribution is -2.47. The number of hydrogen-bond acceptors (Lipinski definition) is 3. The van der Waals surface area contributed by atoms with Crippen LogP contribution in [-0.4, -0.2) is 42.8 Å². The summed E-state index contributed by atoms with van der Waals surface area (Å²) in [5.41, 5.74) is 0. The fraction of sp³-hybridized carbons (Fsp3) is 0.909. The largest absolute Gasteiger partial charge is 0.447 e. The normalized spacial score (nSPS) is 27.8. The van der Waals surface area contributed by atoms with Crippen LogP contribution in [0.2, 0.25) is 0 Å². The van der Waals surface area contributed by atoms with Crippen LogP contribution in [0.15, 0.2) is 0 Å². The Kier molecular flexibility index (Phi) is 4.39. The molecule has 0 aliphatic carbocycles. The van der Waals surface area contributed by atoms with Crippen LogP contribution < -0.4 is 5.32 Å². The predicted molar refractivity (Wildman–Crippen MR) is 59.9 cm³/mol. The number of carbonyl (C=O) groups excluding carboxylic acids is 1. The molecular formula is C11H22N2O2. The van der Waals surface area contributed by atoms with E-state index in [1.165, 1.54) is 0 Å². The van der Waals surface area contributed by atoms with Gasteiger partial charge in [-0.2, -0.15) is 0 Å². The highest BCUT2D eigenvalue weighted by atomic mass is 16.6. The number of hydrogen-bond donors (Lipinski definition) is 1. The van der Waals surface area contributed by atoms with E-state index < -0.39 is 0 Å². The summed E-state index contributed by atoms with van der Waals surface area (Å²) in [6.45, 7) is 6.93. The molecule has 1 fully saturated rings. The van der Waals surface area contributed by atoms with E-state index in [9.17, 15) is 4.79 Å². The standard InChI is InChI=1S/C11H22N2O2/c1-8(2)15-11(14)12-10-5-6-13(4)9(3)7-10/h8-10H,5-7H2,1-4H3,(H,12,14). The highest BCUT2D eigenvalue weighted by Gasteiger charge is 2.24. The van der Waals surface area contributed by atoms with Crippen LogP contribution in [0.4, 0.5) is 4.79 Å². The highest BCUT2D eigenvalue weighted by molar-refractivity contribution is 5.67. The van der Waals surface area contributed by atoms with E-state index in [2.05, 4.69) is 24.2 Å². The van der Waals surface area contributed by atoms with Gasteiger partial charge in [-0.15, -0.1) is 0 Å². The van der Waals surface area contributed by atoms with Gasteiger partial charge in [-0.1, -0.05) is 0 Å². The number of piperidine rings is 1. The van der Waals surface area contributed by atoms with Crippen molar-refractivity contribution in [3.8, 4) is 0 Å². The first-order valence-electron chi connectivity index (χ1n) is 5.66. The predicted octanol–water partition coefficient (Wildman–Crippen LogP) is 1.60. The van der Waals surface area contributed by atoms with Gasteiger partial charge in [0.1, 0.15) is 0 Å². The van der Waals surface area contributed by atoms with Crippen molar-refractivity contribution in [2.24, 2.45) is 0 Å². The minimum absolute atomic E-state index is 0.0475. The molecule has 0 aromatic carbocycles. The summed E-state index contributed by atoms with van der Waals surface area (Å²) in [4.78, 5) is 13.7. The zero-order valence-electron chi connectivity index (χ0n) is 10.1. The van der Waals surface area contributed by atoms with Gasteiger partial charge < -0.3 is 15.0 Å². The molecule has 1 aliphatic rings. The van der Waals surface area contributed by atoms with E-state index in [0.29, 0.717) is 6.04 Å². The second-order valence-electron chi connectivity index (χ2n) is 4.65. The van der Waals surface area contributed by atoms with E-state index in [0.717, 1.165) is 19.4 Å². The molecule has 0 aromatic heterocycles. The van der Waals surface area contributed by atoms with Gasteiger partial charge in [0.25, 0.3) is 0 Å². The summed E-state index contributed by atoms with van der Waals surface area (Å²) in [5.74, 6) is 0. The van der Waals surface area contributed by atoms with Crippen LogP contribution in [0.3, 0.4) is 0 Å². The fourth-order valence-electron chi connectivity index (χ4n) is 1.84. The Bertz CT molecular complexity index is 219. The van der Waals surface area contributed by atoms with Crippen molar-refractivity contribution >= 4 is 6.09 Å². The molecule has 1 amide bonds. The Morgan fingerprint density at radius 3 is 2.73 bits per heavy atom. The van der Waals surface area contributed by atoms with Crippen molar-refractivity contribution in [3.63, 3.8) is 0 Å². The lowest BCUT2D eigenvalue weighted by molar-refractivity contribution is 0.102. The van der Waals surface area contributed by atoms with Gasteiger partial charge in [0.05, 0.1) is 6.10 Å². The maximum Gasteiger partial charge on any atom is 0.407 e. The fourth-order valence-corrected chi connectivity index (χ4v) is 1.84. The smallest absolute Gasteiger partial charge is 0.407 e. The van der Waals surface area contributed by atoms with Crippen LogP contribution in [0.1, 0.15) is 33.6 Å². The number of amides is 1. The van der Waals surface area contributed by atoms with Crippen molar-refractivity contribution in [1.29, 1.82) is 0 Å². The molecule has 4 heteroatoms. The van der Waals surface area contributed by atoms with Crippen molar-refractivity contribution in [3.05, 3.63) is 0 Å². The molecule has 4 nitrogen and oxygen atoms in total. The minimum Gasteiger partial charge on any atom is -0.447 e. The Balaban J connectivity index is 2.30. The molecule has 1 N–H and O–H groups in total. The second-order valence-corrected chi connectivity index (χ2v) is 4.65. The van der Waals surface area contributed by atoms with E-state index in [4.69, 9.17) is 4.74 Å². The first-order valence-corrected chi connectivity index (χ1v) is 5.66. The molecule has 0 bridgehead atoms. The van der Waals surface area contributed by atoms with Crippen LogP contribution in [0, 0.1) is 0 Å². The van der Waals surface area contributed by atoms with E-state index >= 15 is 0 Å². The molecule has 1 heterocycles. The Morgan fingerprint density at radius 1 is 1.53 bits per heavy atom. The molecule has 0 saturated carbocycles. The van der Waals surface area contributed by atoms with E-state index in [1.54, 1.807) is 0 Å². The topological polar surface area (TPSA) is 41.6 Å². The highest BCUT2D eigenvalue weighted by Crippen LogP contribution is 2.15. The molecule has 0 radical (unpaired) electrons. The summed E-state index contributed by atoms with van der Waals surface area (Å²) >= 11 is 0. The number of likely N-dealkylation sites (tertiary alicyclic amines) is 1. The monoisotopic (exact) mass is 214 g/mol. The maximum atomic E-state index is 11.4. The molecule has 15 heavy (non-hydrogen) atoms. The van der Waals surface area contributed by atoms with Gasteiger partial charge in [0.15, 0.2) is 0 Å². The van der Waals surface area contributed by atoms with Crippen molar-refractivity contribution in [1.82, 2.24) is 10.2 Å². The molecule has 0 spiro atoms. The number of alkyl carbamates (subject to hydrolysis) is 1. The number of nitrogens with one attached hydrogen (secondary N) is 1. The quantitative estimate of drug-likeness (QED) is 0.759. The number of carbonyl (C=O) groups is 1. The van der Waals surface area contributed by atoms with Gasteiger partial charge in [-0.25, -0.2) is 4.79 Å². The summed E-state index contributed by atoms with van der Waals surface area (Å²) in [6.07, 6.45) is 1.68. The summed E-state index contributed by atoms with van der Waals surface area (Å²) in [6, 6.07) is 0.797. The molecule has 1 aliphatic heterocycles. The number of nitrogens with zero attached hydrogens (tertiary/aromatic N) is 1. The first kappa shape index (κ1) is 12.3. The SMILES string of the molecule is CC(C)OC(=O)NC1CCN(C)C(C)C1.